The fourth-order valence-electron chi connectivity index (χ4n) is 1.87. The third-order valence-corrected chi connectivity index (χ3v) is 3.01. The van der Waals surface area contributed by atoms with Gasteiger partial charge in [-0.3, -0.25) is 4.79 Å². The molecule has 0 fully saturated rings. The minimum absolute atomic E-state index is 0.00914. The third kappa shape index (κ3) is 5.85. The van der Waals surface area contributed by atoms with Gasteiger partial charge < -0.3 is 16.0 Å². The maximum absolute atomic E-state index is 12.1. The summed E-state index contributed by atoms with van der Waals surface area (Å²) in [6.07, 6.45) is 1.75. The van der Waals surface area contributed by atoms with Crippen molar-refractivity contribution in [2.24, 2.45) is 5.73 Å². The van der Waals surface area contributed by atoms with Crippen LogP contribution in [0.5, 0.6) is 0 Å². The molecule has 1 amide bonds. The monoisotopic (exact) mass is 263 g/mol. The van der Waals surface area contributed by atoms with Gasteiger partial charge in [-0.05, 0) is 64.6 Å². The van der Waals surface area contributed by atoms with E-state index in [2.05, 4.69) is 10.2 Å². The first-order chi connectivity index (χ1) is 9.02. The number of nitrogens with zero attached hydrogens (tertiary/aromatic N) is 1. The van der Waals surface area contributed by atoms with E-state index >= 15 is 0 Å². The summed E-state index contributed by atoms with van der Waals surface area (Å²) in [5.41, 5.74) is 7.35. The molecule has 0 aliphatic rings. The Morgan fingerprint density at radius 1 is 1.42 bits per heavy atom. The van der Waals surface area contributed by atoms with E-state index in [4.69, 9.17) is 5.73 Å². The molecule has 19 heavy (non-hydrogen) atoms. The van der Waals surface area contributed by atoms with Crippen molar-refractivity contribution in [3.8, 4) is 0 Å². The fourth-order valence-corrected chi connectivity index (χ4v) is 1.87. The van der Waals surface area contributed by atoms with Gasteiger partial charge in [0.15, 0.2) is 0 Å². The molecule has 0 bridgehead atoms. The number of carbonyl (C=O) groups is 1. The molecule has 0 saturated heterocycles. The van der Waals surface area contributed by atoms with Crippen LogP contribution in [0.15, 0.2) is 24.3 Å². The van der Waals surface area contributed by atoms with Crippen molar-refractivity contribution in [1.82, 2.24) is 10.2 Å². The molecule has 0 aromatic heterocycles. The topological polar surface area (TPSA) is 58.4 Å². The molecular weight excluding hydrogens is 238 g/mol. The molecule has 3 N–H and O–H groups in total. The van der Waals surface area contributed by atoms with Crippen LogP contribution in [-0.4, -0.2) is 44.0 Å². The molecule has 4 heteroatoms. The number of benzene rings is 1. The van der Waals surface area contributed by atoms with Crippen LogP contribution in [0.2, 0.25) is 0 Å². The van der Waals surface area contributed by atoms with Crippen molar-refractivity contribution >= 4 is 5.91 Å². The average molecular weight is 263 g/mol. The molecule has 1 unspecified atom stereocenters. The van der Waals surface area contributed by atoms with Gasteiger partial charge in [-0.2, -0.15) is 0 Å². The zero-order valence-electron chi connectivity index (χ0n) is 12.1. The van der Waals surface area contributed by atoms with Gasteiger partial charge in [0.2, 0.25) is 0 Å². The van der Waals surface area contributed by atoms with Crippen molar-refractivity contribution in [2.45, 2.75) is 25.8 Å². The third-order valence-electron chi connectivity index (χ3n) is 3.01. The van der Waals surface area contributed by atoms with Gasteiger partial charge in [0.1, 0.15) is 0 Å². The van der Waals surface area contributed by atoms with Crippen molar-refractivity contribution in [1.29, 1.82) is 0 Å². The highest BCUT2D eigenvalue weighted by Gasteiger charge is 2.10. The lowest BCUT2D eigenvalue weighted by atomic mass is 10.1. The average Bonchev–Trinajstić information content (AvgIpc) is 2.37. The summed E-state index contributed by atoms with van der Waals surface area (Å²) >= 11 is 0. The van der Waals surface area contributed by atoms with Crippen LogP contribution >= 0.6 is 0 Å². The smallest absolute Gasteiger partial charge is 0.251 e. The van der Waals surface area contributed by atoms with Crippen molar-refractivity contribution in [3.63, 3.8) is 0 Å². The summed E-state index contributed by atoms with van der Waals surface area (Å²) in [6.45, 7) is 3.60. The number of hydrogen-bond acceptors (Lipinski definition) is 3. The van der Waals surface area contributed by atoms with E-state index in [-0.39, 0.29) is 11.9 Å². The van der Waals surface area contributed by atoms with E-state index < -0.39 is 0 Å². The predicted molar refractivity (Wildman–Crippen MR) is 79.3 cm³/mol. The number of nitrogens with two attached hydrogens (primary N) is 1. The molecule has 106 valence electrons. The second kappa shape index (κ2) is 7.92. The first-order valence-electron chi connectivity index (χ1n) is 6.77. The SMILES string of the molecule is CC(CCN(C)C)NC(=O)c1cccc(CCN)c1. The molecule has 1 aromatic carbocycles. The molecule has 0 saturated carbocycles. The Morgan fingerprint density at radius 3 is 2.79 bits per heavy atom. The zero-order chi connectivity index (χ0) is 14.3. The van der Waals surface area contributed by atoms with Gasteiger partial charge in [0, 0.05) is 11.6 Å². The molecular formula is C15H25N3O. The summed E-state index contributed by atoms with van der Waals surface area (Å²) in [5.74, 6) is -0.00914. The number of amides is 1. The highest BCUT2D eigenvalue weighted by atomic mass is 16.1. The van der Waals surface area contributed by atoms with E-state index in [0.29, 0.717) is 12.1 Å². The van der Waals surface area contributed by atoms with Crippen LogP contribution in [0.4, 0.5) is 0 Å². The summed E-state index contributed by atoms with van der Waals surface area (Å²) in [7, 11) is 4.07. The molecule has 0 aliphatic carbocycles. The Morgan fingerprint density at radius 2 is 2.16 bits per heavy atom. The van der Waals surface area contributed by atoms with Crippen LogP contribution in [0.1, 0.15) is 29.3 Å². The first-order valence-corrected chi connectivity index (χ1v) is 6.77. The normalized spacial score (nSPS) is 12.5. The van der Waals surface area contributed by atoms with Gasteiger partial charge in [0.05, 0.1) is 0 Å². The lowest BCUT2D eigenvalue weighted by Crippen LogP contribution is -2.34. The van der Waals surface area contributed by atoms with Crippen LogP contribution in [0, 0.1) is 0 Å². The standard InChI is InChI=1S/C15H25N3O/c1-12(8-10-18(2)3)17-15(19)14-6-4-5-13(11-14)7-9-16/h4-6,11-12H,7-10,16H2,1-3H3,(H,17,19). The minimum Gasteiger partial charge on any atom is -0.350 e. The summed E-state index contributed by atoms with van der Waals surface area (Å²) in [4.78, 5) is 14.2. The molecule has 1 rings (SSSR count). The first kappa shape index (κ1) is 15.7. The Hall–Kier alpha value is -1.39. The van der Waals surface area contributed by atoms with Gasteiger partial charge in [-0.25, -0.2) is 0 Å². The van der Waals surface area contributed by atoms with Crippen molar-refractivity contribution in [3.05, 3.63) is 35.4 Å². The highest BCUT2D eigenvalue weighted by Crippen LogP contribution is 2.06. The Labute approximate surface area is 116 Å². The lowest BCUT2D eigenvalue weighted by molar-refractivity contribution is 0.0936. The zero-order valence-corrected chi connectivity index (χ0v) is 12.1. The van der Waals surface area contributed by atoms with Gasteiger partial charge in [0.25, 0.3) is 5.91 Å². The van der Waals surface area contributed by atoms with E-state index in [0.717, 1.165) is 24.9 Å². The van der Waals surface area contributed by atoms with E-state index in [9.17, 15) is 4.79 Å². The molecule has 0 radical (unpaired) electrons. The van der Waals surface area contributed by atoms with Crippen molar-refractivity contribution < 1.29 is 4.79 Å². The molecule has 4 nitrogen and oxygen atoms in total. The maximum atomic E-state index is 12.1. The molecule has 0 aliphatic heterocycles. The second-order valence-corrected chi connectivity index (χ2v) is 5.21. The number of rotatable bonds is 7. The Kier molecular flexibility index (Phi) is 6.53. The van der Waals surface area contributed by atoms with E-state index in [1.54, 1.807) is 0 Å². The van der Waals surface area contributed by atoms with Crippen molar-refractivity contribution in [2.75, 3.05) is 27.2 Å². The summed E-state index contributed by atoms with van der Waals surface area (Å²) in [6, 6.07) is 7.84. The largest absolute Gasteiger partial charge is 0.350 e. The predicted octanol–water partition coefficient (Wildman–Crippen LogP) is 1.26. The van der Waals surface area contributed by atoms with E-state index in [1.165, 1.54) is 0 Å². The highest BCUT2D eigenvalue weighted by molar-refractivity contribution is 5.94. The van der Waals surface area contributed by atoms with Crippen LogP contribution in [0.3, 0.4) is 0 Å². The number of nitrogens with one attached hydrogen (secondary N) is 1. The maximum Gasteiger partial charge on any atom is 0.251 e. The van der Waals surface area contributed by atoms with Gasteiger partial charge >= 0.3 is 0 Å². The quantitative estimate of drug-likeness (QED) is 0.778. The second-order valence-electron chi connectivity index (χ2n) is 5.21. The molecule has 1 atom stereocenters. The summed E-state index contributed by atoms with van der Waals surface area (Å²) < 4.78 is 0. The number of carbonyl (C=O) groups excluding carboxylic acids is 1. The van der Waals surface area contributed by atoms with Gasteiger partial charge in [-0.15, -0.1) is 0 Å². The molecule has 0 spiro atoms. The number of hydrogen-bond donors (Lipinski definition) is 2. The molecule has 1 aromatic rings. The summed E-state index contributed by atoms with van der Waals surface area (Å²) in [5, 5.41) is 3.02. The van der Waals surface area contributed by atoms with E-state index in [1.807, 2.05) is 45.3 Å². The minimum atomic E-state index is -0.00914. The van der Waals surface area contributed by atoms with Crippen LogP contribution in [-0.2, 0) is 6.42 Å². The lowest BCUT2D eigenvalue weighted by Gasteiger charge is -2.17. The molecule has 0 heterocycles. The Bertz CT molecular complexity index is 404. The van der Waals surface area contributed by atoms with Crippen LogP contribution in [0.25, 0.3) is 0 Å². The fraction of sp³-hybridized carbons (Fsp3) is 0.533. The Balaban J connectivity index is 2.55. The van der Waals surface area contributed by atoms with Crippen LogP contribution < -0.4 is 11.1 Å². The van der Waals surface area contributed by atoms with Gasteiger partial charge in [-0.1, -0.05) is 12.1 Å².